The van der Waals surface area contributed by atoms with Crippen LogP contribution in [0, 0.1) is 25.7 Å². The second kappa shape index (κ2) is 5.53. The minimum absolute atomic E-state index is 0.0985. The fraction of sp³-hybridized carbons (Fsp3) is 0.533. The van der Waals surface area contributed by atoms with Crippen molar-refractivity contribution in [2.45, 2.75) is 26.7 Å². The summed E-state index contributed by atoms with van der Waals surface area (Å²) in [6, 6.07) is 6.53. The fourth-order valence-corrected chi connectivity index (χ4v) is 2.41. The Hall–Kier alpha value is -1.35. The van der Waals surface area contributed by atoms with Crippen LogP contribution >= 0.6 is 0 Å². The van der Waals surface area contributed by atoms with Gasteiger partial charge in [0, 0.05) is 0 Å². The molecule has 1 aromatic rings. The number of hydrogen-bond acceptors (Lipinski definition) is 2. The third-order valence-corrected chi connectivity index (χ3v) is 3.72. The summed E-state index contributed by atoms with van der Waals surface area (Å²) in [7, 11) is 0. The summed E-state index contributed by atoms with van der Waals surface area (Å²) in [5.74, 6) is -0.392. The highest BCUT2D eigenvalue weighted by Crippen LogP contribution is 2.37. The van der Waals surface area contributed by atoms with Crippen LogP contribution in [0.15, 0.2) is 18.2 Å². The highest BCUT2D eigenvalue weighted by atomic mass is 16.4. The third kappa shape index (κ3) is 3.33. The van der Waals surface area contributed by atoms with Gasteiger partial charge in [0.2, 0.25) is 0 Å². The molecule has 1 aromatic carbocycles. The molecule has 0 bridgehead atoms. The van der Waals surface area contributed by atoms with Gasteiger partial charge >= 0.3 is 5.97 Å². The molecule has 1 aliphatic carbocycles. The van der Waals surface area contributed by atoms with E-state index >= 15 is 0 Å². The van der Waals surface area contributed by atoms with Crippen molar-refractivity contribution < 1.29 is 9.90 Å². The van der Waals surface area contributed by atoms with E-state index < -0.39 is 5.97 Å². The Labute approximate surface area is 108 Å². The van der Waals surface area contributed by atoms with Crippen LogP contribution in [0.4, 0.5) is 0 Å². The van der Waals surface area contributed by atoms with Crippen LogP contribution in [0.5, 0.6) is 0 Å². The molecule has 1 aliphatic rings. The Bertz CT molecular complexity index is 442. The van der Waals surface area contributed by atoms with E-state index in [0.29, 0.717) is 5.92 Å². The van der Waals surface area contributed by atoms with Crippen LogP contribution in [-0.4, -0.2) is 24.2 Å². The number of nitrogens with one attached hydrogen (secondary N) is 1. The number of carboxylic acids is 1. The Morgan fingerprint density at radius 1 is 1.44 bits per heavy atom. The molecule has 1 saturated carbocycles. The summed E-state index contributed by atoms with van der Waals surface area (Å²) in [6.45, 7) is 6.01. The fourth-order valence-electron chi connectivity index (χ4n) is 2.41. The van der Waals surface area contributed by atoms with E-state index in [2.05, 4.69) is 37.4 Å². The number of benzene rings is 1. The molecule has 2 rings (SSSR count). The topological polar surface area (TPSA) is 49.3 Å². The molecule has 3 heteroatoms. The van der Waals surface area contributed by atoms with E-state index in [4.69, 9.17) is 5.11 Å². The van der Waals surface area contributed by atoms with E-state index in [-0.39, 0.29) is 5.92 Å². The first-order valence-corrected chi connectivity index (χ1v) is 6.57. The van der Waals surface area contributed by atoms with Gasteiger partial charge in [-0.1, -0.05) is 23.8 Å². The maximum Gasteiger partial charge on any atom is 0.306 e. The van der Waals surface area contributed by atoms with Crippen molar-refractivity contribution in [1.29, 1.82) is 0 Å². The molecule has 0 aromatic heterocycles. The monoisotopic (exact) mass is 247 g/mol. The largest absolute Gasteiger partial charge is 0.481 e. The highest BCUT2D eigenvalue weighted by molar-refractivity contribution is 5.73. The van der Waals surface area contributed by atoms with Crippen LogP contribution in [0.3, 0.4) is 0 Å². The molecule has 0 amide bonds. The summed E-state index contributed by atoms with van der Waals surface area (Å²) < 4.78 is 0. The van der Waals surface area contributed by atoms with Gasteiger partial charge in [0.25, 0.3) is 0 Å². The van der Waals surface area contributed by atoms with Crippen molar-refractivity contribution in [2.24, 2.45) is 11.8 Å². The molecule has 2 unspecified atom stereocenters. The lowest BCUT2D eigenvalue weighted by Gasteiger charge is -2.08. The second-order valence-corrected chi connectivity index (χ2v) is 5.32. The Balaban J connectivity index is 1.68. The van der Waals surface area contributed by atoms with Gasteiger partial charge < -0.3 is 10.4 Å². The van der Waals surface area contributed by atoms with Gasteiger partial charge in [0.05, 0.1) is 5.92 Å². The van der Waals surface area contributed by atoms with E-state index in [1.165, 1.54) is 16.7 Å². The van der Waals surface area contributed by atoms with Gasteiger partial charge in [-0.25, -0.2) is 0 Å². The van der Waals surface area contributed by atoms with Gasteiger partial charge in [0.1, 0.15) is 0 Å². The van der Waals surface area contributed by atoms with Crippen LogP contribution in [0.2, 0.25) is 0 Å². The zero-order chi connectivity index (χ0) is 13.1. The molecule has 1 fully saturated rings. The number of carboxylic acid groups (broad SMARTS) is 1. The molecule has 3 nitrogen and oxygen atoms in total. The number of hydrogen-bond donors (Lipinski definition) is 2. The van der Waals surface area contributed by atoms with Gasteiger partial charge in [-0.2, -0.15) is 0 Å². The smallest absolute Gasteiger partial charge is 0.306 e. The van der Waals surface area contributed by atoms with Crippen molar-refractivity contribution in [2.75, 3.05) is 13.1 Å². The second-order valence-electron chi connectivity index (χ2n) is 5.32. The highest BCUT2D eigenvalue weighted by Gasteiger charge is 2.42. The van der Waals surface area contributed by atoms with E-state index in [9.17, 15) is 4.79 Å². The lowest BCUT2D eigenvalue weighted by Crippen LogP contribution is -2.21. The Morgan fingerprint density at radius 3 is 2.83 bits per heavy atom. The molecule has 0 saturated heterocycles. The third-order valence-electron chi connectivity index (χ3n) is 3.72. The van der Waals surface area contributed by atoms with E-state index in [1.807, 2.05) is 0 Å². The first-order chi connectivity index (χ1) is 8.58. The maximum atomic E-state index is 10.7. The minimum Gasteiger partial charge on any atom is -0.481 e. The molecular formula is C15H21NO2. The predicted octanol–water partition coefficient (Wildman–Crippen LogP) is 2.16. The summed E-state index contributed by atoms with van der Waals surface area (Å²) >= 11 is 0. The SMILES string of the molecule is Cc1ccc(CCNCC2CC2C(=O)O)c(C)c1. The molecule has 98 valence electrons. The summed E-state index contributed by atoms with van der Waals surface area (Å²) in [4.78, 5) is 10.7. The standard InChI is InChI=1S/C15H21NO2/c1-10-3-4-12(11(2)7-10)5-6-16-9-13-8-14(13)15(17)18/h3-4,7,13-14,16H,5-6,8-9H2,1-2H3,(H,17,18). The zero-order valence-electron chi connectivity index (χ0n) is 11.1. The van der Waals surface area contributed by atoms with Crippen molar-refractivity contribution in [3.05, 3.63) is 34.9 Å². The van der Waals surface area contributed by atoms with Crippen LogP contribution in [0.25, 0.3) is 0 Å². The Kier molecular flexibility index (Phi) is 4.02. The molecular weight excluding hydrogens is 226 g/mol. The first-order valence-electron chi connectivity index (χ1n) is 6.57. The van der Waals surface area contributed by atoms with Crippen LogP contribution in [-0.2, 0) is 11.2 Å². The van der Waals surface area contributed by atoms with Gasteiger partial charge in [-0.05, 0) is 56.8 Å². The number of aliphatic carboxylic acids is 1. The van der Waals surface area contributed by atoms with Crippen LogP contribution in [0.1, 0.15) is 23.1 Å². The van der Waals surface area contributed by atoms with E-state index in [0.717, 1.165) is 25.9 Å². The van der Waals surface area contributed by atoms with Gasteiger partial charge in [0.15, 0.2) is 0 Å². The summed E-state index contributed by atoms with van der Waals surface area (Å²) in [6.07, 6.45) is 1.85. The molecule has 2 atom stereocenters. The normalized spacial score (nSPS) is 21.9. The Morgan fingerprint density at radius 2 is 2.22 bits per heavy atom. The first kappa shape index (κ1) is 13.1. The number of rotatable bonds is 6. The van der Waals surface area contributed by atoms with Crippen LogP contribution < -0.4 is 5.32 Å². The van der Waals surface area contributed by atoms with Gasteiger partial charge in [-0.3, -0.25) is 4.79 Å². The van der Waals surface area contributed by atoms with Crippen molar-refractivity contribution >= 4 is 5.97 Å². The van der Waals surface area contributed by atoms with Crippen molar-refractivity contribution in [1.82, 2.24) is 5.32 Å². The molecule has 0 heterocycles. The quantitative estimate of drug-likeness (QED) is 0.757. The average Bonchev–Trinajstić information content (AvgIpc) is 3.06. The molecule has 18 heavy (non-hydrogen) atoms. The molecule has 0 radical (unpaired) electrons. The zero-order valence-corrected chi connectivity index (χ0v) is 11.1. The summed E-state index contributed by atoms with van der Waals surface area (Å²) in [5.41, 5.74) is 4.01. The van der Waals surface area contributed by atoms with E-state index in [1.54, 1.807) is 0 Å². The lowest BCUT2D eigenvalue weighted by atomic mass is 10.0. The summed E-state index contributed by atoms with van der Waals surface area (Å²) in [5, 5.41) is 12.2. The average molecular weight is 247 g/mol. The predicted molar refractivity (Wildman–Crippen MR) is 71.7 cm³/mol. The molecule has 0 aliphatic heterocycles. The molecule has 2 N–H and O–H groups in total. The minimum atomic E-state index is -0.642. The van der Waals surface area contributed by atoms with Crippen molar-refractivity contribution in [3.8, 4) is 0 Å². The maximum absolute atomic E-state index is 10.7. The van der Waals surface area contributed by atoms with Crippen molar-refractivity contribution in [3.63, 3.8) is 0 Å². The molecule has 0 spiro atoms. The lowest BCUT2D eigenvalue weighted by molar-refractivity contribution is -0.138. The van der Waals surface area contributed by atoms with Gasteiger partial charge in [-0.15, -0.1) is 0 Å². The number of carbonyl (C=O) groups is 1. The number of aryl methyl sites for hydroxylation is 2.